The van der Waals surface area contributed by atoms with Crippen LogP contribution < -0.4 is 0 Å². The lowest BCUT2D eigenvalue weighted by atomic mass is 9.86. The Morgan fingerprint density at radius 2 is 2.14 bits per heavy atom. The fourth-order valence-corrected chi connectivity index (χ4v) is 4.20. The van der Waals surface area contributed by atoms with Gasteiger partial charge in [-0.15, -0.1) is 0 Å². The molecular weight excluding hydrogens is 260 g/mol. The summed E-state index contributed by atoms with van der Waals surface area (Å²) in [6.45, 7) is 5.84. The van der Waals surface area contributed by atoms with E-state index in [4.69, 9.17) is 0 Å². The number of likely N-dealkylation sites (tertiary alicyclic amines) is 1. The molecule has 2 aliphatic rings. The Morgan fingerprint density at radius 3 is 2.95 bits per heavy atom. The van der Waals surface area contributed by atoms with Gasteiger partial charge in [-0.2, -0.15) is 0 Å². The molecular formula is C18H28N2O. The van der Waals surface area contributed by atoms with Crippen LogP contribution in [0.4, 0.5) is 0 Å². The third-order valence-electron chi connectivity index (χ3n) is 5.35. The molecule has 0 radical (unpaired) electrons. The summed E-state index contributed by atoms with van der Waals surface area (Å²) in [6.07, 6.45) is 6.30. The lowest BCUT2D eigenvalue weighted by molar-refractivity contribution is 0.153. The number of phenols is 1. The quantitative estimate of drug-likeness (QED) is 0.922. The van der Waals surface area contributed by atoms with Gasteiger partial charge < -0.3 is 5.11 Å². The van der Waals surface area contributed by atoms with Gasteiger partial charge in [0.2, 0.25) is 0 Å². The van der Waals surface area contributed by atoms with Gasteiger partial charge in [0.1, 0.15) is 5.75 Å². The van der Waals surface area contributed by atoms with E-state index in [9.17, 15) is 5.11 Å². The summed E-state index contributed by atoms with van der Waals surface area (Å²) in [6, 6.07) is 7.11. The number of hydrogen-bond donors (Lipinski definition) is 1. The average molecular weight is 288 g/mol. The molecule has 21 heavy (non-hydrogen) atoms. The second-order valence-electron chi connectivity index (χ2n) is 6.66. The van der Waals surface area contributed by atoms with Crippen molar-refractivity contribution in [1.29, 1.82) is 0 Å². The van der Waals surface area contributed by atoms with E-state index >= 15 is 0 Å². The summed E-state index contributed by atoms with van der Waals surface area (Å²) in [5.41, 5.74) is 2.78. The molecule has 1 aliphatic heterocycles. The van der Waals surface area contributed by atoms with Gasteiger partial charge in [-0.25, -0.2) is 0 Å². The SMILES string of the molecule is CCN1CCCC1CN(C)C1CCCc2ccc(O)cc21. The first-order valence-corrected chi connectivity index (χ1v) is 8.45. The van der Waals surface area contributed by atoms with Gasteiger partial charge in [-0.3, -0.25) is 9.80 Å². The molecule has 0 bridgehead atoms. The van der Waals surface area contributed by atoms with E-state index in [0.29, 0.717) is 17.8 Å². The van der Waals surface area contributed by atoms with Gasteiger partial charge in [0, 0.05) is 18.6 Å². The molecule has 0 spiro atoms. The largest absolute Gasteiger partial charge is 0.508 e. The van der Waals surface area contributed by atoms with Crippen LogP contribution in [0, 0.1) is 0 Å². The molecule has 1 aliphatic carbocycles. The predicted molar refractivity (Wildman–Crippen MR) is 86.7 cm³/mol. The fourth-order valence-electron chi connectivity index (χ4n) is 4.20. The van der Waals surface area contributed by atoms with Gasteiger partial charge in [-0.05, 0) is 75.5 Å². The number of rotatable bonds is 4. The first kappa shape index (κ1) is 14.9. The number of nitrogens with zero attached hydrogens (tertiary/aromatic N) is 2. The van der Waals surface area contributed by atoms with Crippen molar-refractivity contribution >= 4 is 0 Å². The molecule has 116 valence electrons. The van der Waals surface area contributed by atoms with Crippen LogP contribution in [0.25, 0.3) is 0 Å². The maximum Gasteiger partial charge on any atom is 0.115 e. The minimum absolute atomic E-state index is 0.408. The van der Waals surface area contributed by atoms with Gasteiger partial charge in [-0.1, -0.05) is 13.0 Å². The van der Waals surface area contributed by atoms with Crippen LogP contribution in [0.15, 0.2) is 18.2 Å². The van der Waals surface area contributed by atoms with E-state index in [1.165, 1.54) is 49.9 Å². The van der Waals surface area contributed by atoms with Gasteiger partial charge in [0.25, 0.3) is 0 Å². The van der Waals surface area contributed by atoms with E-state index < -0.39 is 0 Å². The average Bonchev–Trinajstić information content (AvgIpc) is 2.93. The lowest BCUT2D eigenvalue weighted by Crippen LogP contribution is -2.40. The number of fused-ring (bicyclic) bond motifs is 1. The second kappa shape index (κ2) is 6.37. The van der Waals surface area contributed by atoms with Crippen LogP contribution in [0.3, 0.4) is 0 Å². The predicted octanol–water partition coefficient (Wildman–Crippen LogP) is 3.19. The Kier molecular flexibility index (Phi) is 4.51. The molecule has 0 amide bonds. The van der Waals surface area contributed by atoms with Crippen LogP contribution >= 0.6 is 0 Å². The van der Waals surface area contributed by atoms with Crippen molar-refractivity contribution in [2.75, 3.05) is 26.7 Å². The number of aromatic hydroxyl groups is 1. The summed E-state index contributed by atoms with van der Waals surface area (Å²) < 4.78 is 0. The van der Waals surface area contributed by atoms with E-state index in [1.54, 1.807) is 0 Å². The first-order valence-electron chi connectivity index (χ1n) is 8.45. The number of likely N-dealkylation sites (N-methyl/N-ethyl adjacent to an activating group) is 2. The number of phenolic OH excluding ortho intramolecular Hbond substituents is 1. The molecule has 1 aromatic carbocycles. The molecule has 1 heterocycles. The normalized spacial score (nSPS) is 26.2. The maximum atomic E-state index is 9.83. The van der Waals surface area contributed by atoms with Crippen molar-refractivity contribution in [2.24, 2.45) is 0 Å². The molecule has 2 atom stereocenters. The highest BCUT2D eigenvalue weighted by molar-refractivity contribution is 5.38. The Hall–Kier alpha value is -1.06. The maximum absolute atomic E-state index is 9.83. The fraction of sp³-hybridized carbons (Fsp3) is 0.667. The second-order valence-corrected chi connectivity index (χ2v) is 6.66. The number of hydrogen-bond acceptors (Lipinski definition) is 3. The van der Waals surface area contributed by atoms with Gasteiger partial charge in [0.05, 0.1) is 0 Å². The Morgan fingerprint density at radius 1 is 1.29 bits per heavy atom. The summed E-state index contributed by atoms with van der Waals surface area (Å²) in [5.74, 6) is 0.408. The Labute approximate surface area is 128 Å². The summed E-state index contributed by atoms with van der Waals surface area (Å²) in [5, 5.41) is 9.83. The van der Waals surface area contributed by atoms with Crippen molar-refractivity contribution in [3.05, 3.63) is 29.3 Å². The molecule has 0 aromatic heterocycles. The van der Waals surface area contributed by atoms with Crippen molar-refractivity contribution < 1.29 is 5.11 Å². The molecule has 1 aromatic rings. The standard InChI is InChI=1S/C18H28N2O/c1-3-20-11-5-7-15(20)13-19(2)18-8-4-6-14-9-10-16(21)12-17(14)18/h9-10,12,15,18,21H,3-8,11,13H2,1-2H3. The van der Waals surface area contributed by atoms with Crippen molar-refractivity contribution in [3.8, 4) is 5.75 Å². The highest BCUT2D eigenvalue weighted by Crippen LogP contribution is 2.36. The zero-order valence-corrected chi connectivity index (χ0v) is 13.4. The molecule has 3 nitrogen and oxygen atoms in total. The zero-order valence-electron chi connectivity index (χ0n) is 13.4. The van der Waals surface area contributed by atoms with E-state index in [2.05, 4.69) is 29.8 Å². The van der Waals surface area contributed by atoms with E-state index in [-0.39, 0.29) is 0 Å². The molecule has 3 heteroatoms. The smallest absolute Gasteiger partial charge is 0.115 e. The summed E-state index contributed by atoms with van der Waals surface area (Å²) in [4.78, 5) is 5.14. The monoisotopic (exact) mass is 288 g/mol. The Balaban J connectivity index is 1.74. The van der Waals surface area contributed by atoms with Crippen LogP contribution in [0.5, 0.6) is 5.75 Å². The molecule has 1 saturated heterocycles. The van der Waals surface area contributed by atoms with Crippen LogP contribution in [-0.4, -0.2) is 47.6 Å². The molecule has 1 N–H and O–H groups in total. The van der Waals surface area contributed by atoms with Gasteiger partial charge >= 0.3 is 0 Å². The Bertz CT molecular complexity index is 488. The molecule has 1 fully saturated rings. The third-order valence-corrected chi connectivity index (χ3v) is 5.35. The van der Waals surface area contributed by atoms with Crippen LogP contribution in [0.1, 0.15) is 49.8 Å². The van der Waals surface area contributed by atoms with Crippen LogP contribution in [0.2, 0.25) is 0 Å². The van der Waals surface area contributed by atoms with Crippen LogP contribution in [-0.2, 0) is 6.42 Å². The number of aryl methyl sites for hydroxylation is 1. The van der Waals surface area contributed by atoms with Gasteiger partial charge in [0.15, 0.2) is 0 Å². The first-order chi connectivity index (χ1) is 10.2. The van der Waals surface area contributed by atoms with E-state index in [0.717, 1.165) is 13.0 Å². The topological polar surface area (TPSA) is 26.7 Å². The van der Waals surface area contributed by atoms with Crippen molar-refractivity contribution in [3.63, 3.8) is 0 Å². The summed E-state index contributed by atoms with van der Waals surface area (Å²) >= 11 is 0. The zero-order chi connectivity index (χ0) is 14.8. The molecule has 2 unspecified atom stereocenters. The van der Waals surface area contributed by atoms with Crippen molar-refractivity contribution in [1.82, 2.24) is 9.80 Å². The van der Waals surface area contributed by atoms with E-state index in [1.807, 2.05) is 12.1 Å². The lowest BCUT2D eigenvalue weighted by Gasteiger charge is -2.36. The molecule has 0 saturated carbocycles. The molecule has 3 rings (SSSR count). The minimum atomic E-state index is 0.408. The highest BCUT2D eigenvalue weighted by Gasteiger charge is 2.29. The minimum Gasteiger partial charge on any atom is -0.508 e. The number of benzene rings is 1. The third kappa shape index (κ3) is 3.09. The summed E-state index contributed by atoms with van der Waals surface area (Å²) in [7, 11) is 2.26. The van der Waals surface area contributed by atoms with Crippen molar-refractivity contribution in [2.45, 2.75) is 51.1 Å². The highest BCUT2D eigenvalue weighted by atomic mass is 16.3.